The number of esters is 3. The van der Waals surface area contributed by atoms with Crippen LogP contribution in [0.3, 0.4) is 0 Å². The topological polar surface area (TPSA) is 78.9 Å². The van der Waals surface area contributed by atoms with Crippen molar-refractivity contribution in [2.45, 2.75) is 297 Å². The Hall–Kier alpha value is -2.37. The molecule has 0 N–H and O–H groups in total. The summed E-state index contributed by atoms with van der Waals surface area (Å²) in [6.07, 6.45) is 61.5. The maximum absolute atomic E-state index is 12.8. The SMILES string of the molecule is CCCCCC/C=C\CCCC(=O)OCC(COC(=O)CCCCCCC/C=C\C=C/CCCCCCCCC)OC(=O)CCCCCCCCCCCCCCCCCCCC. The number of carbonyl (C=O) groups excluding carboxylic acids is 3. The second-order valence-corrected chi connectivity index (χ2v) is 18.5. The molecular weight excluding hydrogens is 781 g/mol. The Balaban J connectivity index is 4.30. The molecule has 368 valence electrons. The average Bonchev–Trinajstić information content (AvgIpc) is 3.28. The zero-order valence-corrected chi connectivity index (χ0v) is 42.1. The molecule has 0 amide bonds. The van der Waals surface area contributed by atoms with Crippen molar-refractivity contribution in [1.29, 1.82) is 0 Å². The fourth-order valence-electron chi connectivity index (χ4n) is 7.97. The standard InChI is InChI=1S/C57H104O6/c1-4-7-10-13-16-19-21-23-25-27-29-31-33-35-38-41-44-47-50-56(59)62-53-54(52-61-55(58)49-46-43-40-37-18-15-12-9-6-3)63-57(60)51-48-45-42-39-36-34-32-30-28-26-24-22-20-17-14-11-8-5-2/h25,27,29,31,37,40,54H,4-24,26,28,30,32-36,38-39,41-53H2,1-3H3/b27-25-,31-29-,40-37-. The van der Waals surface area contributed by atoms with E-state index in [0.29, 0.717) is 19.3 Å². The molecule has 0 heterocycles. The van der Waals surface area contributed by atoms with Crippen molar-refractivity contribution in [2.75, 3.05) is 13.2 Å². The van der Waals surface area contributed by atoms with E-state index in [1.165, 1.54) is 173 Å². The van der Waals surface area contributed by atoms with Gasteiger partial charge in [-0.1, -0.05) is 243 Å². The molecule has 6 heteroatoms. The van der Waals surface area contributed by atoms with Crippen molar-refractivity contribution in [3.8, 4) is 0 Å². The minimum Gasteiger partial charge on any atom is -0.462 e. The molecular formula is C57H104O6. The number of carbonyl (C=O) groups is 3. The number of allylic oxidation sites excluding steroid dienone is 6. The molecule has 0 aromatic rings. The zero-order valence-electron chi connectivity index (χ0n) is 42.1. The molecule has 63 heavy (non-hydrogen) atoms. The highest BCUT2D eigenvalue weighted by Gasteiger charge is 2.19. The van der Waals surface area contributed by atoms with Gasteiger partial charge in [-0.3, -0.25) is 14.4 Å². The monoisotopic (exact) mass is 885 g/mol. The predicted octanol–water partition coefficient (Wildman–Crippen LogP) is 18.1. The van der Waals surface area contributed by atoms with Crippen molar-refractivity contribution in [1.82, 2.24) is 0 Å². The third-order valence-corrected chi connectivity index (χ3v) is 12.1. The normalized spacial score (nSPS) is 12.2. The third kappa shape index (κ3) is 50.5. The van der Waals surface area contributed by atoms with E-state index in [-0.39, 0.29) is 31.1 Å². The molecule has 0 spiro atoms. The average molecular weight is 885 g/mol. The van der Waals surface area contributed by atoms with Crippen molar-refractivity contribution in [3.63, 3.8) is 0 Å². The lowest BCUT2D eigenvalue weighted by molar-refractivity contribution is -0.167. The maximum Gasteiger partial charge on any atom is 0.306 e. The summed E-state index contributed by atoms with van der Waals surface area (Å²) in [6.45, 7) is 6.59. The molecule has 0 fully saturated rings. The van der Waals surface area contributed by atoms with E-state index in [4.69, 9.17) is 14.2 Å². The highest BCUT2D eigenvalue weighted by molar-refractivity contribution is 5.71. The van der Waals surface area contributed by atoms with Crippen LogP contribution in [-0.2, 0) is 28.6 Å². The van der Waals surface area contributed by atoms with Gasteiger partial charge >= 0.3 is 17.9 Å². The van der Waals surface area contributed by atoms with E-state index in [1.54, 1.807) is 0 Å². The van der Waals surface area contributed by atoms with Crippen LogP contribution in [0.25, 0.3) is 0 Å². The summed E-state index contributed by atoms with van der Waals surface area (Å²) in [5.41, 5.74) is 0. The fraction of sp³-hybridized carbons (Fsp3) is 0.842. The van der Waals surface area contributed by atoms with Crippen LogP contribution in [0, 0.1) is 0 Å². The molecule has 1 unspecified atom stereocenters. The van der Waals surface area contributed by atoms with E-state index in [9.17, 15) is 14.4 Å². The molecule has 0 aliphatic rings. The summed E-state index contributed by atoms with van der Waals surface area (Å²) < 4.78 is 16.8. The second kappa shape index (κ2) is 52.3. The number of unbranched alkanes of at least 4 members (excludes halogenated alkanes) is 34. The van der Waals surface area contributed by atoms with E-state index in [2.05, 4.69) is 57.2 Å². The van der Waals surface area contributed by atoms with Gasteiger partial charge in [0.25, 0.3) is 0 Å². The van der Waals surface area contributed by atoms with Crippen LogP contribution in [0.1, 0.15) is 290 Å². The van der Waals surface area contributed by atoms with Gasteiger partial charge in [0.2, 0.25) is 0 Å². The first-order valence-corrected chi connectivity index (χ1v) is 27.5. The minimum atomic E-state index is -0.785. The first kappa shape index (κ1) is 60.6. The zero-order chi connectivity index (χ0) is 45.8. The Morgan fingerprint density at radius 2 is 0.587 bits per heavy atom. The van der Waals surface area contributed by atoms with Gasteiger partial charge < -0.3 is 14.2 Å². The molecule has 0 aliphatic heterocycles. The van der Waals surface area contributed by atoms with Crippen LogP contribution in [0.4, 0.5) is 0 Å². The van der Waals surface area contributed by atoms with E-state index >= 15 is 0 Å². The number of hydrogen-bond donors (Lipinski definition) is 0. The number of rotatable bonds is 50. The molecule has 6 nitrogen and oxygen atoms in total. The van der Waals surface area contributed by atoms with Crippen molar-refractivity contribution < 1.29 is 28.6 Å². The molecule has 0 aromatic heterocycles. The molecule has 0 rings (SSSR count). The summed E-state index contributed by atoms with van der Waals surface area (Å²) in [5.74, 6) is -0.923. The first-order valence-electron chi connectivity index (χ1n) is 27.5. The van der Waals surface area contributed by atoms with Crippen LogP contribution < -0.4 is 0 Å². The molecule has 0 saturated heterocycles. The van der Waals surface area contributed by atoms with Gasteiger partial charge in [0.05, 0.1) is 0 Å². The van der Waals surface area contributed by atoms with Gasteiger partial charge in [0, 0.05) is 19.3 Å². The Morgan fingerprint density at radius 3 is 0.968 bits per heavy atom. The van der Waals surface area contributed by atoms with Crippen molar-refractivity contribution in [3.05, 3.63) is 36.5 Å². The Bertz CT molecular complexity index is 1060. The third-order valence-electron chi connectivity index (χ3n) is 12.1. The Morgan fingerprint density at radius 1 is 0.317 bits per heavy atom. The van der Waals surface area contributed by atoms with E-state index < -0.39 is 6.10 Å². The van der Waals surface area contributed by atoms with Crippen LogP contribution >= 0.6 is 0 Å². The molecule has 0 bridgehead atoms. The van der Waals surface area contributed by atoms with Crippen molar-refractivity contribution >= 4 is 17.9 Å². The Kier molecular flexibility index (Phi) is 50.3. The smallest absolute Gasteiger partial charge is 0.306 e. The van der Waals surface area contributed by atoms with Gasteiger partial charge in [-0.25, -0.2) is 0 Å². The predicted molar refractivity (Wildman–Crippen MR) is 270 cm³/mol. The second-order valence-electron chi connectivity index (χ2n) is 18.5. The number of ether oxygens (including phenoxy) is 3. The van der Waals surface area contributed by atoms with Crippen LogP contribution in [-0.4, -0.2) is 37.2 Å². The van der Waals surface area contributed by atoms with Gasteiger partial charge in [0.15, 0.2) is 6.10 Å². The number of hydrogen-bond acceptors (Lipinski definition) is 6. The summed E-state index contributed by atoms with van der Waals surface area (Å²) in [7, 11) is 0. The lowest BCUT2D eigenvalue weighted by atomic mass is 10.0. The highest BCUT2D eigenvalue weighted by atomic mass is 16.6. The Labute approximate surface area is 391 Å². The summed E-state index contributed by atoms with van der Waals surface area (Å²) in [4.78, 5) is 37.9. The lowest BCUT2D eigenvalue weighted by Crippen LogP contribution is -2.30. The van der Waals surface area contributed by atoms with Gasteiger partial charge in [0.1, 0.15) is 13.2 Å². The van der Waals surface area contributed by atoms with Crippen LogP contribution in [0.15, 0.2) is 36.5 Å². The quantitative estimate of drug-likeness (QED) is 0.0199. The molecule has 0 radical (unpaired) electrons. The maximum atomic E-state index is 12.8. The lowest BCUT2D eigenvalue weighted by Gasteiger charge is -2.18. The molecule has 0 aliphatic carbocycles. The van der Waals surface area contributed by atoms with Crippen LogP contribution in [0.5, 0.6) is 0 Å². The van der Waals surface area contributed by atoms with E-state index in [0.717, 1.165) is 77.0 Å². The van der Waals surface area contributed by atoms with E-state index in [1.807, 2.05) is 0 Å². The first-order chi connectivity index (χ1) is 31.0. The van der Waals surface area contributed by atoms with Gasteiger partial charge in [-0.15, -0.1) is 0 Å². The largest absolute Gasteiger partial charge is 0.462 e. The fourth-order valence-corrected chi connectivity index (χ4v) is 7.97. The summed E-state index contributed by atoms with van der Waals surface area (Å²) in [6, 6.07) is 0. The van der Waals surface area contributed by atoms with Gasteiger partial charge in [-0.2, -0.15) is 0 Å². The van der Waals surface area contributed by atoms with Crippen LogP contribution in [0.2, 0.25) is 0 Å². The molecule has 0 saturated carbocycles. The summed E-state index contributed by atoms with van der Waals surface area (Å²) in [5, 5.41) is 0. The summed E-state index contributed by atoms with van der Waals surface area (Å²) >= 11 is 0. The van der Waals surface area contributed by atoms with Gasteiger partial charge in [-0.05, 0) is 64.2 Å². The molecule has 0 aromatic carbocycles. The highest BCUT2D eigenvalue weighted by Crippen LogP contribution is 2.16. The minimum absolute atomic E-state index is 0.0857. The molecule has 1 atom stereocenters. The van der Waals surface area contributed by atoms with Crippen molar-refractivity contribution in [2.24, 2.45) is 0 Å².